The Bertz CT molecular complexity index is 617. The molecule has 18 heavy (non-hydrogen) atoms. The first-order valence-electron chi connectivity index (χ1n) is 5.77. The fourth-order valence-corrected chi connectivity index (χ4v) is 2.49. The summed E-state index contributed by atoms with van der Waals surface area (Å²) in [4.78, 5) is 11.9. The van der Waals surface area contributed by atoms with Gasteiger partial charge in [0.2, 0.25) is 0 Å². The van der Waals surface area contributed by atoms with E-state index in [4.69, 9.17) is 0 Å². The minimum absolute atomic E-state index is 0.0234. The number of hydrogen-bond donors (Lipinski definition) is 1. The van der Waals surface area contributed by atoms with E-state index in [1.807, 2.05) is 0 Å². The molecular formula is C15H11FO2. The van der Waals surface area contributed by atoms with Gasteiger partial charge >= 0.3 is 0 Å². The van der Waals surface area contributed by atoms with Crippen LogP contribution < -0.4 is 0 Å². The Balaban J connectivity index is 2.07. The molecule has 1 unspecified atom stereocenters. The smallest absolute Gasteiger partial charge is 0.164 e. The van der Waals surface area contributed by atoms with Crippen molar-refractivity contribution in [3.05, 3.63) is 65.0 Å². The summed E-state index contributed by atoms with van der Waals surface area (Å²) in [5, 5.41) is 9.41. The molecule has 2 nitrogen and oxygen atoms in total. The summed E-state index contributed by atoms with van der Waals surface area (Å²) in [5.74, 6) is -0.195. The quantitative estimate of drug-likeness (QED) is 0.833. The van der Waals surface area contributed by atoms with Gasteiger partial charge in [0.05, 0.1) is 0 Å². The van der Waals surface area contributed by atoms with Gasteiger partial charge in [-0.05, 0) is 35.4 Å². The molecule has 0 amide bonds. The number of carbonyl (C=O) groups excluding carboxylic acids is 1. The second-order valence-electron chi connectivity index (χ2n) is 4.50. The summed E-state index contributed by atoms with van der Waals surface area (Å²) in [5.41, 5.74) is 2.41. The normalized spacial score (nSPS) is 17.8. The van der Waals surface area contributed by atoms with Crippen molar-refractivity contribution in [1.29, 1.82) is 0 Å². The molecule has 0 aliphatic heterocycles. The van der Waals surface area contributed by atoms with Gasteiger partial charge in [-0.2, -0.15) is 0 Å². The molecule has 2 aromatic rings. The highest BCUT2D eigenvalue weighted by molar-refractivity contribution is 6.02. The summed E-state index contributed by atoms with van der Waals surface area (Å²) >= 11 is 0. The lowest BCUT2D eigenvalue weighted by Crippen LogP contribution is -1.96. The zero-order valence-electron chi connectivity index (χ0n) is 9.56. The lowest BCUT2D eigenvalue weighted by molar-refractivity contribution is 0.0991. The van der Waals surface area contributed by atoms with E-state index in [2.05, 4.69) is 0 Å². The van der Waals surface area contributed by atoms with Crippen molar-refractivity contribution in [3.63, 3.8) is 0 Å². The molecule has 1 aliphatic rings. The number of phenolic OH excluding ortho intramolecular Hbond substituents is 1. The number of fused-ring (bicyclic) bond motifs is 1. The molecule has 90 valence electrons. The summed E-state index contributed by atoms with van der Waals surface area (Å²) in [6.07, 6.45) is 0.379. The van der Waals surface area contributed by atoms with Crippen LogP contribution in [0, 0.1) is 5.82 Å². The van der Waals surface area contributed by atoms with Crippen LogP contribution in [0.4, 0.5) is 4.39 Å². The zero-order chi connectivity index (χ0) is 12.7. The monoisotopic (exact) mass is 242 g/mol. The van der Waals surface area contributed by atoms with E-state index >= 15 is 0 Å². The number of phenols is 1. The van der Waals surface area contributed by atoms with Gasteiger partial charge in [-0.1, -0.05) is 18.2 Å². The maximum atomic E-state index is 12.9. The number of benzene rings is 2. The Morgan fingerprint density at radius 3 is 2.56 bits per heavy atom. The van der Waals surface area contributed by atoms with Crippen LogP contribution >= 0.6 is 0 Å². The Labute approximate surface area is 104 Å². The largest absolute Gasteiger partial charge is 0.508 e. The molecule has 1 N–H and O–H groups in total. The fraction of sp³-hybridized carbons (Fsp3) is 0.133. The Morgan fingerprint density at radius 1 is 1.11 bits per heavy atom. The van der Waals surface area contributed by atoms with Crippen LogP contribution in [-0.2, 0) is 0 Å². The number of hydrogen-bond acceptors (Lipinski definition) is 2. The van der Waals surface area contributed by atoms with Gasteiger partial charge in [-0.15, -0.1) is 0 Å². The van der Waals surface area contributed by atoms with Crippen LogP contribution in [0.25, 0.3) is 0 Å². The first-order valence-corrected chi connectivity index (χ1v) is 5.77. The Morgan fingerprint density at radius 2 is 1.83 bits per heavy atom. The van der Waals surface area contributed by atoms with Gasteiger partial charge in [-0.3, -0.25) is 4.79 Å². The first-order chi connectivity index (χ1) is 8.65. The van der Waals surface area contributed by atoms with Gasteiger partial charge in [0.15, 0.2) is 5.78 Å². The molecule has 0 spiro atoms. The highest BCUT2D eigenvalue weighted by Gasteiger charge is 2.30. The number of ketones is 1. The number of aromatic hydroxyl groups is 1. The molecule has 3 rings (SSSR count). The average Bonchev–Trinajstić information content (AvgIpc) is 2.68. The predicted octanol–water partition coefficient (Wildman–Crippen LogP) is 3.25. The van der Waals surface area contributed by atoms with Crippen LogP contribution in [0.1, 0.15) is 33.8 Å². The van der Waals surface area contributed by atoms with Crippen LogP contribution in [-0.4, -0.2) is 10.9 Å². The van der Waals surface area contributed by atoms with Gasteiger partial charge in [0.25, 0.3) is 0 Å². The maximum Gasteiger partial charge on any atom is 0.164 e. The lowest BCUT2D eigenvalue weighted by atomic mass is 9.93. The van der Waals surface area contributed by atoms with Crippen molar-refractivity contribution in [2.75, 3.05) is 0 Å². The van der Waals surface area contributed by atoms with E-state index in [1.165, 1.54) is 18.2 Å². The number of halogens is 1. The SMILES string of the molecule is O=C1CC(c2ccc(F)cc2)c2ccc(O)cc21. The van der Waals surface area contributed by atoms with Crippen molar-refractivity contribution in [2.45, 2.75) is 12.3 Å². The van der Waals surface area contributed by atoms with Gasteiger partial charge in [-0.25, -0.2) is 4.39 Å². The van der Waals surface area contributed by atoms with Crippen molar-refractivity contribution >= 4 is 5.78 Å². The average molecular weight is 242 g/mol. The van der Waals surface area contributed by atoms with Crippen LogP contribution in [0.2, 0.25) is 0 Å². The van der Waals surface area contributed by atoms with Crippen molar-refractivity contribution < 1.29 is 14.3 Å². The van der Waals surface area contributed by atoms with E-state index < -0.39 is 0 Å². The summed E-state index contributed by atoms with van der Waals surface area (Å²) in [7, 11) is 0. The van der Waals surface area contributed by atoms with E-state index in [1.54, 1.807) is 24.3 Å². The maximum absolute atomic E-state index is 12.9. The Kier molecular flexibility index (Phi) is 2.40. The minimum atomic E-state index is -0.283. The standard InChI is InChI=1S/C15H11FO2/c16-10-3-1-9(2-4-10)13-8-15(18)14-7-11(17)5-6-12(13)14/h1-7,13,17H,8H2. The molecule has 0 saturated carbocycles. The van der Waals surface area contributed by atoms with E-state index in [-0.39, 0.29) is 23.3 Å². The van der Waals surface area contributed by atoms with Crippen LogP contribution in [0.15, 0.2) is 42.5 Å². The van der Waals surface area contributed by atoms with Gasteiger partial charge < -0.3 is 5.11 Å². The summed E-state index contributed by atoms with van der Waals surface area (Å²) < 4.78 is 12.9. The third-order valence-electron chi connectivity index (χ3n) is 3.37. The second-order valence-corrected chi connectivity index (χ2v) is 4.50. The van der Waals surface area contributed by atoms with Crippen LogP contribution in [0.3, 0.4) is 0 Å². The van der Waals surface area contributed by atoms with E-state index in [9.17, 15) is 14.3 Å². The van der Waals surface area contributed by atoms with Crippen molar-refractivity contribution in [3.8, 4) is 5.75 Å². The van der Waals surface area contributed by atoms with Gasteiger partial charge in [0.1, 0.15) is 11.6 Å². The van der Waals surface area contributed by atoms with E-state index in [0.29, 0.717) is 12.0 Å². The van der Waals surface area contributed by atoms with Crippen molar-refractivity contribution in [2.24, 2.45) is 0 Å². The lowest BCUT2D eigenvalue weighted by Gasteiger charge is -2.11. The highest BCUT2D eigenvalue weighted by Crippen LogP contribution is 2.39. The minimum Gasteiger partial charge on any atom is -0.508 e. The number of carbonyl (C=O) groups is 1. The predicted molar refractivity (Wildman–Crippen MR) is 65.3 cm³/mol. The third kappa shape index (κ3) is 1.68. The molecule has 0 heterocycles. The second kappa shape index (κ2) is 3.95. The zero-order valence-corrected chi connectivity index (χ0v) is 9.56. The third-order valence-corrected chi connectivity index (χ3v) is 3.37. The molecule has 0 saturated heterocycles. The highest BCUT2D eigenvalue weighted by atomic mass is 19.1. The molecular weight excluding hydrogens is 231 g/mol. The Hall–Kier alpha value is -2.16. The molecule has 0 bridgehead atoms. The number of rotatable bonds is 1. The molecule has 0 fully saturated rings. The van der Waals surface area contributed by atoms with Gasteiger partial charge in [0, 0.05) is 17.9 Å². The summed E-state index contributed by atoms with van der Waals surface area (Å²) in [6.45, 7) is 0. The molecule has 0 aromatic heterocycles. The van der Waals surface area contributed by atoms with Crippen molar-refractivity contribution in [1.82, 2.24) is 0 Å². The topological polar surface area (TPSA) is 37.3 Å². The molecule has 0 radical (unpaired) electrons. The molecule has 3 heteroatoms. The van der Waals surface area contributed by atoms with E-state index in [0.717, 1.165) is 11.1 Å². The molecule has 1 atom stereocenters. The summed E-state index contributed by atoms with van der Waals surface area (Å²) in [6, 6.07) is 11.1. The first kappa shape index (κ1) is 11.0. The fourth-order valence-electron chi connectivity index (χ4n) is 2.49. The van der Waals surface area contributed by atoms with Crippen LogP contribution in [0.5, 0.6) is 5.75 Å². The number of Topliss-reactive ketones (excluding diaryl/α,β-unsaturated/α-hetero) is 1. The molecule has 2 aromatic carbocycles. The molecule has 1 aliphatic carbocycles.